The highest BCUT2D eigenvalue weighted by Gasteiger charge is 2.26. The average Bonchev–Trinajstić information content (AvgIpc) is 2.58. The van der Waals surface area contributed by atoms with Gasteiger partial charge >= 0.3 is 0 Å². The molecular formula is C24H48N2O4. The molecule has 0 aliphatic carbocycles. The van der Waals surface area contributed by atoms with E-state index in [2.05, 4.69) is 58.8 Å². The molecule has 0 aliphatic rings. The smallest absolute Gasteiger partial charge is 0.222 e. The molecule has 0 spiro atoms. The molecule has 0 radical (unpaired) electrons. The topological polar surface area (TPSA) is 67.9 Å². The van der Waals surface area contributed by atoms with Crippen LogP contribution < -0.4 is 5.32 Å². The van der Waals surface area contributed by atoms with Gasteiger partial charge in [0.25, 0.3) is 0 Å². The number of ketones is 1. The van der Waals surface area contributed by atoms with E-state index in [0.717, 1.165) is 6.42 Å². The zero-order valence-electron chi connectivity index (χ0n) is 21.3. The third-order valence-corrected chi connectivity index (χ3v) is 5.61. The summed E-state index contributed by atoms with van der Waals surface area (Å²) in [6.07, 6.45) is 1.70. The minimum Gasteiger partial charge on any atom is -0.381 e. The molecule has 2 unspecified atom stereocenters. The van der Waals surface area contributed by atoms with Gasteiger partial charge in [0.15, 0.2) is 0 Å². The van der Waals surface area contributed by atoms with Crippen molar-refractivity contribution >= 4 is 11.7 Å². The number of nitrogens with zero attached hydrogens (tertiary/aromatic N) is 1. The fraction of sp³-hybridized carbons (Fsp3) is 0.917. The van der Waals surface area contributed by atoms with Crippen molar-refractivity contribution in [2.45, 2.75) is 99.3 Å². The maximum atomic E-state index is 12.3. The summed E-state index contributed by atoms with van der Waals surface area (Å²) in [5.74, 6) is 0.403. The van der Waals surface area contributed by atoms with Gasteiger partial charge in [-0.25, -0.2) is 0 Å². The Bertz CT molecular complexity index is 517. The van der Waals surface area contributed by atoms with Crippen LogP contribution in [0.4, 0.5) is 0 Å². The molecule has 0 aromatic carbocycles. The lowest BCUT2D eigenvalue weighted by Crippen LogP contribution is -2.46. The largest absolute Gasteiger partial charge is 0.381 e. The van der Waals surface area contributed by atoms with Crippen LogP contribution in [0.3, 0.4) is 0 Å². The normalized spacial score (nSPS) is 14.8. The summed E-state index contributed by atoms with van der Waals surface area (Å²) in [6.45, 7) is 20.8. The Hall–Kier alpha value is -0.980. The van der Waals surface area contributed by atoms with E-state index >= 15 is 0 Å². The van der Waals surface area contributed by atoms with Gasteiger partial charge in [-0.1, -0.05) is 20.8 Å². The number of hydrogen-bond acceptors (Lipinski definition) is 5. The first-order valence-electron chi connectivity index (χ1n) is 11.3. The van der Waals surface area contributed by atoms with Gasteiger partial charge in [0.2, 0.25) is 5.91 Å². The summed E-state index contributed by atoms with van der Waals surface area (Å²) in [6, 6.07) is 0.480. The zero-order chi connectivity index (χ0) is 23.5. The van der Waals surface area contributed by atoms with Crippen molar-refractivity contribution in [3.63, 3.8) is 0 Å². The number of hydrogen-bond donors (Lipinski definition) is 1. The fourth-order valence-electron chi connectivity index (χ4n) is 3.25. The van der Waals surface area contributed by atoms with Gasteiger partial charge in [-0.15, -0.1) is 0 Å². The number of rotatable bonds is 16. The van der Waals surface area contributed by atoms with Gasteiger partial charge in [0.1, 0.15) is 5.78 Å². The summed E-state index contributed by atoms with van der Waals surface area (Å²) in [5.41, 5.74) is -0.108. The molecule has 0 aromatic rings. The minimum absolute atomic E-state index is 0.000851. The Balaban J connectivity index is 4.14. The zero-order valence-corrected chi connectivity index (χ0v) is 21.3. The molecule has 2 atom stereocenters. The molecule has 1 amide bonds. The van der Waals surface area contributed by atoms with E-state index < -0.39 is 0 Å². The second-order valence-corrected chi connectivity index (χ2v) is 10.6. The van der Waals surface area contributed by atoms with Crippen molar-refractivity contribution < 1.29 is 19.1 Å². The van der Waals surface area contributed by atoms with Crippen LogP contribution in [0.25, 0.3) is 0 Å². The lowest BCUT2D eigenvalue weighted by molar-refractivity contribution is -0.124. The number of nitrogens with one attached hydrogen (secondary N) is 1. The highest BCUT2D eigenvalue weighted by molar-refractivity contribution is 5.76. The number of carbonyl (C=O) groups excluding carboxylic acids is 2. The predicted molar refractivity (Wildman–Crippen MR) is 124 cm³/mol. The first-order valence-corrected chi connectivity index (χ1v) is 11.3. The maximum absolute atomic E-state index is 12.3. The fourth-order valence-corrected chi connectivity index (χ4v) is 3.25. The second kappa shape index (κ2) is 13.4. The van der Waals surface area contributed by atoms with E-state index in [-0.39, 0.29) is 34.7 Å². The van der Waals surface area contributed by atoms with Crippen molar-refractivity contribution in [2.24, 2.45) is 11.3 Å². The van der Waals surface area contributed by atoms with E-state index in [9.17, 15) is 9.59 Å². The summed E-state index contributed by atoms with van der Waals surface area (Å²) in [4.78, 5) is 25.8. The Morgan fingerprint density at radius 3 is 2.17 bits per heavy atom. The highest BCUT2D eigenvalue weighted by Crippen LogP contribution is 2.20. The first-order chi connectivity index (χ1) is 13.7. The Kier molecular flexibility index (Phi) is 13.0. The van der Waals surface area contributed by atoms with Crippen molar-refractivity contribution in [1.82, 2.24) is 10.2 Å². The lowest BCUT2D eigenvalue weighted by Gasteiger charge is -2.38. The highest BCUT2D eigenvalue weighted by atomic mass is 16.5. The third kappa shape index (κ3) is 13.3. The van der Waals surface area contributed by atoms with Crippen LogP contribution in [0.15, 0.2) is 0 Å². The van der Waals surface area contributed by atoms with Gasteiger partial charge in [-0.05, 0) is 60.9 Å². The molecule has 0 bridgehead atoms. The van der Waals surface area contributed by atoms with Crippen LogP contribution in [-0.4, -0.2) is 67.7 Å². The van der Waals surface area contributed by atoms with Crippen LogP contribution in [0.5, 0.6) is 0 Å². The number of amides is 1. The minimum atomic E-state index is -0.166. The quantitative estimate of drug-likeness (QED) is 0.401. The molecule has 0 aromatic heterocycles. The molecule has 0 aliphatic heterocycles. The Morgan fingerprint density at radius 2 is 1.63 bits per heavy atom. The first kappa shape index (κ1) is 29.0. The van der Waals surface area contributed by atoms with E-state index in [1.54, 1.807) is 6.92 Å². The van der Waals surface area contributed by atoms with Crippen molar-refractivity contribution in [3.05, 3.63) is 0 Å². The SMILES string of the molecule is CC(=O)CC(C)COCC(C)(C)CNC(=O)CC(C)OCCC(C)(C)N(C)C(C)C. The van der Waals surface area contributed by atoms with Gasteiger partial charge in [0.05, 0.1) is 19.1 Å². The molecule has 178 valence electrons. The van der Waals surface area contributed by atoms with Crippen LogP contribution >= 0.6 is 0 Å². The van der Waals surface area contributed by atoms with E-state index in [1.165, 1.54) is 0 Å². The molecule has 0 saturated heterocycles. The number of ether oxygens (including phenoxy) is 2. The van der Waals surface area contributed by atoms with Crippen molar-refractivity contribution in [2.75, 3.05) is 33.4 Å². The molecular weight excluding hydrogens is 380 g/mol. The Morgan fingerprint density at radius 1 is 1.03 bits per heavy atom. The van der Waals surface area contributed by atoms with Crippen LogP contribution in [0, 0.1) is 11.3 Å². The average molecular weight is 429 g/mol. The van der Waals surface area contributed by atoms with Crippen LogP contribution in [0.2, 0.25) is 0 Å². The molecule has 6 nitrogen and oxygen atoms in total. The summed E-state index contributed by atoms with van der Waals surface area (Å²) in [7, 11) is 2.14. The summed E-state index contributed by atoms with van der Waals surface area (Å²) >= 11 is 0. The third-order valence-electron chi connectivity index (χ3n) is 5.61. The molecule has 30 heavy (non-hydrogen) atoms. The van der Waals surface area contributed by atoms with Gasteiger partial charge in [-0.3, -0.25) is 9.69 Å². The van der Waals surface area contributed by atoms with E-state index in [0.29, 0.717) is 45.2 Å². The van der Waals surface area contributed by atoms with Gasteiger partial charge in [0, 0.05) is 43.2 Å². The van der Waals surface area contributed by atoms with Crippen molar-refractivity contribution in [1.29, 1.82) is 0 Å². The molecule has 1 N–H and O–H groups in total. The number of carbonyl (C=O) groups is 2. The number of Topliss-reactive ketones (excluding diaryl/α,β-unsaturated/α-hetero) is 1. The monoisotopic (exact) mass is 428 g/mol. The Labute approximate surface area is 185 Å². The standard InChI is InChI=1S/C24H48N2O4/c1-18(2)26(10)24(8,9)11-12-30-21(5)14-22(28)25-16-23(6,7)17-29-15-19(3)13-20(4)27/h18-19,21H,11-17H2,1-10H3,(H,25,28). The summed E-state index contributed by atoms with van der Waals surface area (Å²) in [5, 5.41) is 3.00. The molecule has 6 heteroatoms. The van der Waals surface area contributed by atoms with Crippen molar-refractivity contribution in [3.8, 4) is 0 Å². The predicted octanol–water partition coefficient (Wildman–Crippen LogP) is 4.06. The molecule has 0 heterocycles. The van der Waals surface area contributed by atoms with Gasteiger partial charge in [-0.2, -0.15) is 0 Å². The van der Waals surface area contributed by atoms with Gasteiger partial charge < -0.3 is 19.6 Å². The lowest BCUT2D eigenvalue weighted by atomic mass is 9.94. The van der Waals surface area contributed by atoms with E-state index in [1.807, 2.05) is 13.8 Å². The summed E-state index contributed by atoms with van der Waals surface area (Å²) < 4.78 is 11.7. The van der Waals surface area contributed by atoms with Crippen LogP contribution in [-0.2, 0) is 19.1 Å². The van der Waals surface area contributed by atoms with Crippen LogP contribution in [0.1, 0.15) is 81.6 Å². The molecule has 0 rings (SSSR count). The molecule has 0 fully saturated rings. The molecule has 0 saturated carbocycles. The second-order valence-electron chi connectivity index (χ2n) is 10.6. The maximum Gasteiger partial charge on any atom is 0.222 e. The van der Waals surface area contributed by atoms with E-state index in [4.69, 9.17) is 9.47 Å².